The Morgan fingerprint density at radius 1 is 0.905 bits per heavy atom. The van der Waals surface area contributed by atoms with Gasteiger partial charge in [0.05, 0.1) is 25.0 Å². The van der Waals surface area contributed by atoms with Crippen molar-refractivity contribution in [3.05, 3.63) is 78.1 Å². The fourth-order valence-electron chi connectivity index (χ4n) is 8.84. The van der Waals surface area contributed by atoms with Gasteiger partial charge in [-0.3, -0.25) is 19.4 Å². The van der Waals surface area contributed by atoms with E-state index in [-0.39, 0.29) is 58.7 Å². The number of aliphatic imine (C=N–C) groups is 1. The summed E-state index contributed by atoms with van der Waals surface area (Å²) in [5.74, 6) is -0.112. The van der Waals surface area contributed by atoms with Crippen LogP contribution in [0.5, 0.6) is 5.75 Å². The number of piperazine rings is 1. The fraction of sp³-hybridized carbons (Fsp3) is 0.489. The predicted octanol–water partition coefficient (Wildman–Crippen LogP) is 8.18. The molecule has 63 heavy (non-hydrogen) atoms. The maximum absolute atomic E-state index is 13.9. The number of alkyl halides is 3. The Bertz CT molecular complexity index is 2240. The summed E-state index contributed by atoms with van der Waals surface area (Å²) in [6.45, 7) is 12.4. The summed E-state index contributed by atoms with van der Waals surface area (Å²) in [6, 6.07) is 13.6. The van der Waals surface area contributed by atoms with E-state index < -0.39 is 30.2 Å². The minimum atomic E-state index is -5.01. The number of anilines is 2. The molecule has 1 saturated carbocycles. The van der Waals surface area contributed by atoms with Gasteiger partial charge in [0.25, 0.3) is 5.91 Å². The SMILES string of the molecule is COC(=O)NC(C(=O)N1CC(C)CC1C1=NC=C(c2ccc(-c3ccc(C(=O)Nc4ccc(N5CCN(C(=O)C6CC6)CC5C)nc4)cc3OC(F)(F)F)cc2)CCC1C)C(C)C. The van der Waals surface area contributed by atoms with Crippen LogP contribution in [0.25, 0.3) is 16.7 Å². The number of benzene rings is 2. The topological polar surface area (TPSA) is 146 Å². The number of amides is 4. The minimum absolute atomic E-state index is 0.0356. The lowest BCUT2D eigenvalue weighted by molar-refractivity contribution is -0.274. The van der Waals surface area contributed by atoms with Crippen molar-refractivity contribution < 1.29 is 41.8 Å². The molecule has 3 fully saturated rings. The second-order valence-corrected chi connectivity index (χ2v) is 17.6. The standard InChI is InChI=1S/C47H56F3N7O6/c1-27(2)41(54-46(61)62-6)45(60)57-25-28(3)21-38(57)42-29(4)7-8-35(23-52-42)31-9-11-32(12-10-31)37-17-15-34(22-39(37)63-47(48,49)50)43(58)53-36-16-18-40(51-24-36)56-20-19-55(26-30(56)5)44(59)33-13-14-33/h9-12,15-18,22-24,27-30,33,38,41H,7-8,13-14,19-21,25-26H2,1-6H3,(H,53,58)(H,54,61). The van der Waals surface area contributed by atoms with E-state index in [1.54, 1.807) is 24.3 Å². The zero-order valence-corrected chi connectivity index (χ0v) is 36.6. The van der Waals surface area contributed by atoms with Crippen LogP contribution in [0.4, 0.5) is 29.5 Å². The smallest absolute Gasteiger partial charge is 0.453 e. The monoisotopic (exact) mass is 871 g/mol. The minimum Gasteiger partial charge on any atom is -0.453 e. The molecule has 3 aliphatic heterocycles. The van der Waals surface area contributed by atoms with Gasteiger partial charge in [-0.05, 0) is 104 Å². The number of aromatic nitrogens is 1. The Labute approximate surface area is 366 Å². The van der Waals surface area contributed by atoms with Gasteiger partial charge in [0, 0.05) is 61.2 Å². The van der Waals surface area contributed by atoms with E-state index in [0.717, 1.165) is 48.6 Å². The van der Waals surface area contributed by atoms with E-state index in [9.17, 15) is 32.3 Å². The van der Waals surface area contributed by atoms with Gasteiger partial charge >= 0.3 is 12.5 Å². The molecule has 0 spiro atoms. The molecule has 4 heterocycles. The van der Waals surface area contributed by atoms with E-state index in [2.05, 4.69) is 39.1 Å². The normalized spacial score (nSPS) is 22.2. The first-order valence-corrected chi connectivity index (χ1v) is 21.7. The highest BCUT2D eigenvalue weighted by Gasteiger charge is 2.42. The predicted molar refractivity (Wildman–Crippen MR) is 234 cm³/mol. The molecular weight excluding hydrogens is 816 g/mol. The van der Waals surface area contributed by atoms with Crippen LogP contribution in [0.3, 0.4) is 0 Å². The third-order valence-corrected chi connectivity index (χ3v) is 12.4. The lowest BCUT2D eigenvalue weighted by atomic mass is 9.90. The van der Waals surface area contributed by atoms with E-state index in [4.69, 9.17) is 9.73 Å². The highest BCUT2D eigenvalue weighted by molar-refractivity contribution is 6.05. The fourth-order valence-corrected chi connectivity index (χ4v) is 8.84. The summed E-state index contributed by atoms with van der Waals surface area (Å²) in [7, 11) is 1.27. The van der Waals surface area contributed by atoms with Gasteiger partial charge in [0.2, 0.25) is 11.8 Å². The number of nitrogens with zero attached hydrogens (tertiary/aromatic N) is 5. The van der Waals surface area contributed by atoms with E-state index >= 15 is 0 Å². The summed E-state index contributed by atoms with van der Waals surface area (Å²) in [5, 5.41) is 5.43. The second-order valence-electron chi connectivity index (χ2n) is 17.6. The van der Waals surface area contributed by atoms with Crippen molar-refractivity contribution in [2.45, 2.75) is 91.2 Å². The second kappa shape index (κ2) is 18.8. The summed E-state index contributed by atoms with van der Waals surface area (Å²) < 4.78 is 50.6. The molecule has 2 saturated heterocycles. The van der Waals surface area contributed by atoms with Crippen LogP contribution >= 0.6 is 0 Å². The number of carbonyl (C=O) groups is 4. The van der Waals surface area contributed by atoms with Crippen molar-refractivity contribution in [2.75, 3.05) is 43.5 Å². The third kappa shape index (κ3) is 10.6. The number of nitrogens with one attached hydrogen (secondary N) is 2. The molecule has 0 bridgehead atoms. The Balaban J connectivity index is 1.04. The van der Waals surface area contributed by atoms with Crippen molar-refractivity contribution >= 4 is 46.6 Å². The maximum atomic E-state index is 13.9. The number of pyridine rings is 1. The van der Waals surface area contributed by atoms with Crippen molar-refractivity contribution in [2.24, 2.45) is 28.7 Å². The van der Waals surface area contributed by atoms with Crippen LogP contribution in [0.1, 0.15) is 82.6 Å². The largest absolute Gasteiger partial charge is 0.573 e. The lowest BCUT2D eigenvalue weighted by Gasteiger charge is -2.40. The van der Waals surface area contributed by atoms with Gasteiger partial charge in [-0.2, -0.15) is 0 Å². The Kier molecular flexibility index (Phi) is 13.5. The van der Waals surface area contributed by atoms with E-state index in [0.29, 0.717) is 49.7 Å². The Hall–Kier alpha value is -5.93. The molecule has 4 aliphatic rings. The van der Waals surface area contributed by atoms with Crippen LogP contribution in [-0.4, -0.2) is 102 Å². The van der Waals surface area contributed by atoms with Gasteiger partial charge in [-0.1, -0.05) is 52.0 Å². The molecule has 13 nitrogen and oxygen atoms in total. The number of rotatable bonds is 11. The molecule has 3 aromatic rings. The number of hydrogen-bond donors (Lipinski definition) is 2. The number of allylic oxidation sites excluding steroid dienone is 1. The van der Waals surface area contributed by atoms with Crippen LogP contribution in [0, 0.1) is 23.7 Å². The summed E-state index contributed by atoms with van der Waals surface area (Å²) in [4.78, 5) is 67.3. The first kappa shape index (κ1) is 45.1. The molecule has 5 atom stereocenters. The highest BCUT2D eigenvalue weighted by Crippen LogP contribution is 2.38. The number of ether oxygens (including phenoxy) is 2. The number of likely N-dealkylation sites (tertiary alicyclic amines) is 1. The van der Waals surface area contributed by atoms with Gasteiger partial charge in [-0.25, -0.2) is 9.78 Å². The molecule has 0 radical (unpaired) electrons. The average Bonchev–Trinajstić information content (AvgIpc) is 4.06. The summed E-state index contributed by atoms with van der Waals surface area (Å²) in [5.41, 5.74) is 3.63. The van der Waals surface area contributed by atoms with Crippen molar-refractivity contribution in [1.29, 1.82) is 0 Å². The molecule has 2 N–H and O–H groups in total. The third-order valence-electron chi connectivity index (χ3n) is 12.4. The van der Waals surface area contributed by atoms with Crippen molar-refractivity contribution in [3.8, 4) is 16.9 Å². The molecule has 16 heteroatoms. The molecular formula is C47H56F3N7O6. The number of halogens is 3. The van der Waals surface area contributed by atoms with E-state index in [1.165, 1.54) is 25.4 Å². The van der Waals surface area contributed by atoms with Crippen molar-refractivity contribution in [3.63, 3.8) is 0 Å². The molecule has 336 valence electrons. The van der Waals surface area contributed by atoms with Crippen LogP contribution < -0.4 is 20.3 Å². The first-order valence-electron chi connectivity index (χ1n) is 21.7. The highest BCUT2D eigenvalue weighted by atomic mass is 19.4. The first-order chi connectivity index (χ1) is 30.0. The molecule has 2 aromatic carbocycles. The quantitative estimate of drug-likeness (QED) is 0.196. The number of hydrogen-bond acceptors (Lipinski definition) is 9. The maximum Gasteiger partial charge on any atom is 0.573 e. The van der Waals surface area contributed by atoms with E-state index in [1.807, 2.05) is 48.9 Å². The Morgan fingerprint density at radius 3 is 2.27 bits per heavy atom. The van der Waals surface area contributed by atoms with Crippen LogP contribution in [0.15, 0.2) is 72.0 Å². The van der Waals surface area contributed by atoms with Gasteiger partial charge in [-0.15, -0.1) is 13.2 Å². The summed E-state index contributed by atoms with van der Waals surface area (Å²) in [6.07, 6.45) is 1.76. The molecule has 1 aromatic heterocycles. The average molecular weight is 872 g/mol. The Morgan fingerprint density at radius 2 is 1.63 bits per heavy atom. The number of methoxy groups -OCH3 is 1. The molecule has 4 amide bonds. The lowest BCUT2D eigenvalue weighted by Crippen LogP contribution is -2.54. The molecule has 7 rings (SSSR count). The van der Waals surface area contributed by atoms with Gasteiger partial charge in [0.15, 0.2) is 0 Å². The zero-order chi connectivity index (χ0) is 45.2. The van der Waals surface area contributed by atoms with Crippen molar-refractivity contribution in [1.82, 2.24) is 20.1 Å². The number of carbonyl (C=O) groups excluding carboxylic acids is 4. The summed E-state index contributed by atoms with van der Waals surface area (Å²) >= 11 is 0. The number of alkyl carbamates (subject to hydrolysis) is 1. The van der Waals surface area contributed by atoms with Crippen LogP contribution in [0.2, 0.25) is 0 Å². The van der Waals surface area contributed by atoms with Gasteiger partial charge in [0.1, 0.15) is 17.6 Å². The molecule has 5 unspecified atom stereocenters. The van der Waals surface area contributed by atoms with Crippen LogP contribution in [-0.2, 0) is 14.3 Å². The zero-order valence-electron chi connectivity index (χ0n) is 36.6. The molecule has 1 aliphatic carbocycles. The van der Waals surface area contributed by atoms with Gasteiger partial charge < -0.3 is 34.8 Å².